The van der Waals surface area contributed by atoms with Crippen LogP contribution in [0.3, 0.4) is 0 Å². The topological polar surface area (TPSA) is 46.5 Å². The van der Waals surface area contributed by atoms with Gasteiger partial charge in [-0.25, -0.2) is 4.79 Å². The predicted molar refractivity (Wildman–Crippen MR) is 84.0 cm³/mol. The molecule has 0 radical (unpaired) electrons. The highest BCUT2D eigenvalue weighted by Gasteiger charge is 2.14. The van der Waals surface area contributed by atoms with Crippen LogP contribution in [0.1, 0.15) is 77.6 Å². The first-order valence-corrected chi connectivity index (χ1v) is 8.13. The van der Waals surface area contributed by atoms with Crippen molar-refractivity contribution in [2.24, 2.45) is 0 Å². The van der Waals surface area contributed by atoms with Gasteiger partial charge in [0, 0.05) is 7.11 Å². The van der Waals surface area contributed by atoms with Crippen LogP contribution >= 0.6 is 0 Å². The zero-order valence-corrected chi connectivity index (χ0v) is 13.3. The Kier molecular flexibility index (Phi) is 14.0. The number of ether oxygens (including phenoxy) is 1. The molecule has 0 aliphatic heterocycles. The highest BCUT2D eigenvalue weighted by Crippen LogP contribution is 2.10. The van der Waals surface area contributed by atoms with Gasteiger partial charge in [-0.15, -0.1) is 0 Å². The number of methoxy groups -OCH3 is 1. The van der Waals surface area contributed by atoms with Crippen molar-refractivity contribution in [3.05, 3.63) is 12.2 Å². The number of hydrogen-bond donors (Lipinski definition) is 1. The molecular formula is C17H32O3. The fourth-order valence-corrected chi connectivity index (χ4v) is 2.22. The summed E-state index contributed by atoms with van der Waals surface area (Å²) in [4.78, 5) is 10.7. The van der Waals surface area contributed by atoms with Gasteiger partial charge < -0.3 is 9.84 Å². The molecule has 0 amide bonds. The van der Waals surface area contributed by atoms with Crippen LogP contribution in [-0.2, 0) is 9.53 Å². The third-order valence-electron chi connectivity index (χ3n) is 3.55. The summed E-state index contributed by atoms with van der Waals surface area (Å²) >= 11 is 0. The Labute approximate surface area is 124 Å². The first-order chi connectivity index (χ1) is 9.72. The summed E-state index contributed by atoms with van der Waals surface area (Å²) in [5, 5.41) is 8.80. The van der Waals surface area contributed by atoms with Gasteiger partial charge in [0.2, 0.25) is 0 Å². The number of rotatable bonds is 14. The molecule has 3 nitrogen and oxygen atoms in total. The lowest BCUT2D eigenvalue weighted by atomic mass is 10.1. The van der Waals surface area contributed by atoms with Crippen LogP contribution in [0.5, 0.6) is 0 Å². The molecule has 0 aromatic heterocycles. The molecule has 0 spiro atoms. The largest absolute Gasteiger partial charge is 0.479 e. The normalized spacial score (nSPS) is 12.9. The van der Waals surface area contributed by atoms with Gasteiger partial charge in [0.25, 0.3) is 0 Å². The van der Waals surface area contributed by atoms with Crippen LogP contribution in [0.2, 0.25) is 0 Å². The van der Waals surface area contributed by atoms with E-state index in [2.05, 4.69) is 19.1 Å². The van der Waals surface area contributed by atoms with Gasteiger partial charge in [0.1, 0.15) is 0 Å². The van der Waals surface area contributed by atoms with E-state index in [1.54, 1.807) is 0 Å². The fourth-order valence-electron chi connectivity index (χ4n) is 2.22. The number of carbonyl (C=O) groups is 1. The maximum Gasteiger partial charge on any atom is 0.332 e. The molecule has 0 heterocycles. The van der Waals surface area contributed by atoms with Crippen LogP contribution in [0.4, 0.5) is 0 Å². The van der Waals surface area contributed by atoms with Gasteiger partial charge >= 0.3 is 5.97 Å². The number of carboxylic acids is 1. The molecule has 0 fully saturated rings. The fraction of sp³-hybridized carbons (Fsp3) is 0.824. The summed E-state index contributed by atoms with van der Waals surface area (Å²) in [7, 11) is 1.45. The summed E-state index contributed by atoms with van der Waals surface area (Å²) < 4.78 is 4.88. The maximum absolute atomic E-state index is 10.7. The molecule has 1 unspecified atom stereocenters. The summed E-state index contributed by atoms with van der Waals surface area (Å²) in [6.07, 6.45) is 16.8. The third kappa shape index (κ3) is 12.2. The van der Waals surface area contributed by atoms with Gasteiger partial charge in [0.05, 0.1) is 0 Å². The minimum absolute atomic E-state index is 0.555. The van der Waals surface area contributed by atoms with Crippen molar-refractivity contribution in [3.8, 4) is 0 Å². The number of unbranched alkanes of at least 4 members (excludes halogenated alkanes) is 8. The van der Waals surface area contributed by atoms with Crippen molar-refractivity contribution in [1.82, 2.24) is 0 Å². The minimum Gasteiger partial charge on any atom is -0.479 e. The van der Waals surface area contributed by atoms with Crippen molar-refractivity contribution in [2.75, 3.05) is 7.11 Å². The van der Waals surface area contributed by atoms with Crippen LogP contribution in [-0.4, -0.2) is 24.3 Å². The third-order valence-corrected chi connectivity index (χ3v) is 3.55. The smallest absolute Gasteiger partial charge is 0.332 e. The van der Waals surface area contributed by atoms with E-state index in [-0.39, 0.29) is 0 Å². The predicted octanol–water partition coefficient (Wildman–Crippen LogP) is 4.95. The summed E-state index contributed by atoms with van der Waals surface area (Å²) in [6, 6.07) is 0. The number of hydrogen-bond acceptors (Lipinski definition) is 2. The molecule has 1 N–H and O–H groups in total. The molecule has 0 saturated heterocycles. The van der Waals surface area contributed by atoms with Crippen molar-refractivity contribution in [1.29, 1.82) is 0 Å². The van der Waals surface area contributed by atoms with E-state index in [0.29, 0.717) is 6.42 Å². The molecule has 118 valence electrons. The maximum atomic E-state index is 10.7. The Morgan fingerprint density at radius 3 is 2.10 bits per heavy atom. The SMILES string of the molecule is CCCCCCCCCCC=CCCC(OC)C(=O)O. The van der Waals surface area contributed by atoms with Gasteiger partial charge in [-0.3, -0.25) is 0 Å². The van der Waals surface area contributed by atoms with Crippen LogP contribution in [0, 0.1) is 0 Å². The van der Waals surface area contributed by atoms with Gasteiger partial charge in [-0.2, -0.15) is 0 Å². The van der Waals surface area contributed by atoms with E-state index in [4.69, 9.17) is 9.84 Å². The Morgan fingerprint density at radius 2 is 1.55 bits per heavy atom. The standard InChI is InChI=1S/C17H32O3/c1-3-4-5-6-7-8-9-10-11-12-13-14-15-16(20-2)17(18)19/h12-13,16H,3-11,14-15H2,1-2H3,(H,18,19). The summed E-state index contributed by atoms with van der Waals surface area (Å²) in [6.45, 7) is 2.25. The molecule has 0 bridgehead atoms. The monoisotopic (exact) mass is 284 g/mol. The van der Waals surface area contributed by atoms with Gasteiger partial charge in [-0.1, -0.05) is 64.0 Å². The van der Waals surface area contributed by atoms with E-state index in [9.17, 15) is 4.79 Å². The van der Waals surface area contributed by atoms with E-state index in [1.165, 1.54) is 58.5 Å². The Bertz CT molecular complexity index is 249. The van der Waals surface area contributed by atoms with Crippen molar-refractivity contribution in [3.63, 3.8) is 0 Å². The summed E-state index contributed by atoms with van der Waals surface area (Å²) in [5.41, 5.74) is 0. The average Bonchev–Trinajstić information content (AvgIpc) is 2.43. The van der Waals surface area contributed by atoms with Crippen LogP contribution in [0.25, 0.3) is 0 Å². The molecule has 1 atom stereocenters. The van der Waals surface area contributed by atoms with Crippen LogP contribution < -0.4 is 0 Å². The first-order valence-electron chi connectivity index (χ1n) is 8.13. The Morgan fingerprint density at radius 1 is 1.00 bits per heavy atom. The van der Waals surface area contributed by atoms with E-state index in [0.717, 1.165) is 12.8 Å². The molecule has 0 aromatic rings. The molecule has 0 saturated carbocycles. The van der Waals surface area contributed by atoms with Gasteiger partial charge in [0.15, 0.2) is 6.10 Å². The second kappa shape index (κ2) is 14.6. The highest BCUT2D eigenvalue weighted by atomic mass is 16.5. The second-order valence-corrected chi connectivity index (χ2v) is 5.37. The number of carboxylic acid groups (broad SMARTS) is 1. The first kappa shape index (κ1) is 19.2. The zero-order chi connectivity index (χ0) is 15.1. The lowest BCUT2D eigenvalue weighted by molar-refractivity contribution is -0.148. The number of allylic oxidation sites excluding steroid dienone is 2. The lowest BCUT2D eigenvalue weighted by Gasteiger charge is -2.07. The van der Waals surface area contributed by atoms with Gasteiger partial charge in [-0.05, 0) is 25.7 Å². The van der Waals surface area contributed by atoms with E-state index in [1.807, 2.05) is 0 Å². The Hall–Kier alpha value is -0.830. The van der Waals surface area contributed by atoms with E-state index < -0.39 is 12.1 Å². The molecular weight excluding hydrogens is 252 g/mol. The molecule has 0 aliphatic rings. The van der Waals surface area contributed by atoms with Crippen molar-refractivity contribution in [2.45, 2.75) is 83.7 Å². The molecule has 3 heteroatoms. The molecule has 20 heavy (non-hydrogen) atoms. The van der Waals surface area contributed by atoms with Crippen molar-refractivity contribution < 1.29 is 14.6 Å². The highest BCUT2D eigenvalue weighted by molar-refractivity contribution is 5.72. The van der Waals surface area contributed by atoms with E-state index >= 15 is 0 Å². The van der Waals surface area contributed by atoms with Crippen LogP contribution in [0.15, 0.2) is 12.2 Å². The lowest BCUT2D eigenvalue weighted by Crippen LogP contribution is -2.21. The van der Waals surface area contributed by atoms with Crippen molar-refractivity contribution >= 4 is 5.97 Å². The quantitative estimate of drug-likeness (QED) is 0.362. The molecule has 0 rings (SSSR count). The molecule has 0 aliphatic carbocycles. The molecule has 0 aromatic carbocycles. The number of aliphatic carboxylic acids is 1. The minimum atomic E-state index is -0.871. The Balaban J connectivity index is 3.29. The second-order valence-electron chi connectivity index (χ2n) is 5.37. The summed E-state index contributed by atoms with van der Waals surface area (Å²) in [5.74, 6) is -0.871. The average molecular weight is 284 g/mol. The zero-order valence-electron chi connectivity index (χ0n) is 13.3.